The molecule has 1 aromatic heterocycles. The summed E-state index contributed by atoms with van der Waals surface area (Å²) in [6.07, 6.45) is 7.55. The zero-order valence-electron chi connectivity index (χ0n) is 21.3. The molecule has 37 heavy (non-hydrogen) atoms. The van der Waals surface area contributed by atoms with Crippen molar-refractivity contribution in [1.29, 1.82) is 0 Å². The van der Waals surface area contributed by atoms with Gasteiger partial charge in [-0.15, -0.1) is 0 Å². The van der Waals surface area contributed by atoms with E-state index in [9.17, 15) is 14.4 Å². The number of carbonyl (C=O) groups excluding carboxylic acids is 3. The fourth-order valence-electron chi connectivity index (χ4n) is 6.13. The molecule has 1 aromatic carbocycles. The molecule has 5 N–H and O–H groups in total. The molecule has 0 radical (unpaired) electrons. The van der Waals surface area contributed by atoms with Gasteiger partial charge in [-0.25, -0.2) is 4.98 Å². The van der Waals surface area contributed by atoms with Gasteiger partial charge < -0.3 is 26.6 Å². The fourth-order valence-corrected chi connectivity index (χ4v) is 6.13. The lowest BCUT2D eigenvalue weighted by molar-refractivity contribution is 0.0934. The van der Waals surface area contributed by atoms with E-state index in [0.29, 0.717) is 34.3 Å². The maximum absolute atomic E-state index is 13.3. The van der Waals surface area contributed by atoms with Gasteiger partial charge >= 0.3 is 0 Å². The van der Waals surface area contributed by atoms with Crippen molar-refractivity contribution in [2.45, 2.75) is 63.6 Å². The monoisotopic (exact) mass is 504 g/mol. The molecule has 1 saturated carbocycles. The molecular formula is C28H36N6O3. The summed E-state index contributed by atoms with van der Waals surface area (Å²) in [5, 5.41) is 10.0. The predicted octanol–water partition coefficient (Wildman–Crippen LogP) is 2.72. The summed E-state index contributed by atoms with van der Waals surface area (Å²) in [4.78, 5) is 43.8. The Balaban J connectivity index is 1.27. The quantitative estimate of drug-likeness (QED) is 0.427. The van der Waals surface area contributed by atoms with E-state index in [0.717, 1.165) is 64.0 Å². The van der Waals surface area contributed by atoms with Crippen molar-refractivity contribution in [2.75, 3.05) is 29.9 Å². The first kappa shape index (κ1) is 25.2. The van der Waals surface area contributed by atoms with Crippen molar-refractivity contribution in [2.24, 2.45) is 11.7 Å². The van der Waals surface area contributed by atoms with Crippen LogP contribution in [0.3, 0.4) is 0 Å². The summed E-state index contributed by atoms with van der Waals surface area (Å²) in [6.45, 7) is 4.31. The normalized spacial score (nSPS) is 23.8. The van der Waals surface area contributed by atoms with E-state index >= 15 is 0 Å². The van der Waals surface area contributed by atoms with Gasteiger partial charge in [0.25, 0.3) is 11.8 Å². The van der Waals surface area contributed by atoms with Crippen LogP contribution in [0.15, 0.2) is 36.5 Å². The van der Waals surface area contributed by atoms with E-state index in [-0.39, 0.29) is 23.8 Å². The van der Waals surface area contributed by atoms with E-state index in [1.807, 2.05) is 12.1 Å². The number of amides is 2. The summed E-state index contributed by atoms with van der Waals surface area (Å²) >= 11 is 0. The molecule has 2 aromatic rings. The molecular weight excluding hydrogens is 468 g/mol. The van der Waals surface area contributed by atoms with Crippen molar-refractivity contribution in [1.82, 2.24) is 15.6 Å². The van der Waals surface area contributed by atoms with Crippen LogP contribution in [0.5, 0.6) is 0 Å². The number of benzene rings is 1. The van der Waals surface area contributed by atoms with Crippen molar-refractivity contribution in [3.8, 4) is 0 Å². The molecule has 3 unspecified atom stereocenters. The molecule has 3 heterocycles. The van der Waals surface area contributed by atoms with Crippen LogP contribution in [0.25, 0.3) is 0 Å². The van der Waals surface area contributed by atoms with E-state index in [1.165, 1.54) is 0 Å². The maximum atomic E-state index is 13.3. The summed E-state index contributed by atoms with van der Waals surface area (Å²) in [6, 6.07) is 9.47. The first-order valence-corrected chi connectivity index (χ1v) is 13.3. The van der Waals surface area contributed by atoms with Crippen LogP contribution in [0.2, 0.25) is 0 Å². The molecule has 196 valence electrons. The highest BCUT2D eigenvalue weighted by atomic mass is 16.2. The first-order valence-electron chi connectivity index (χ1n) is 13.3. The van der Waals surface area contributed by atoms with Gasteiger partial charge in [-0.1, -0.05) is 0 Å². The number of primary amides is 1. The third-order valence-electron chi connectivity index (χ3n) is 8.06. The Bertz CT molecular complexity index is 1160. The molecule has 2 amide bonds. The number of nitrogens with zero attached hydrogens (tertiary/aromatic N) is 2. The van der Waals surface area contributed by atoms with Crippen LogP contribution in [0.4, 0.5) is 11.5 Å². The van der Waals surface area contributed by atoms with Crippen LogP contribution in [0, 0.1) is 5.92 Å². The van der Waals surface area contributed by atoms with Gasteiger partial charge in [-0.2, -0.15) is 0 Å². The molecule has 5 rings (SSSR count). The molecule has 0 spiro atoms. The largest absolute Gasteiger partial charge is 0.382 e. The third kappa shape index (κ3) is 5.61. The number of ketones is 1. The van der Waals surface area contributed by atoms with E-state index in [4.69, 9.17) is 5.73 Å². The molecule has 9 heteroatoms. The highest BCUT2D eigenvalue weighted by molar-refractivity contribution is 6.02. The average Bonchev–Trinajstić information content (AvgIpc) is 3.31. The van der Waals surface area contributed by atoms with Crippen LogP contribution < -0.4 is 26.6 Å². The molecule has 3 aliphatic rings. The smallest absolute Gasteiger partial charge is 0.251 e. The van der Waals surface area contributed by atoms with Gasteiger partial charge in [0.1, 0.15) is 5.82 Å². The lowest BCUT2D eigenvalue weighted by atomic mass is 9.92. The summed E-state index contributed by atoms with van der Waals surface area (Å²) < 4.78 is 0. The van der Waals surface area contributed by atoms with Crippen molar-refractivity contribution < 1.29 is 14.4 Å². The Morgan fingerprint density at radius 3 is 2.51 bits per heavy atom. The van der Waals surface area contributed by atoms with Crippen LogP contribution >= 0.6 is 0 Å². The third-order valence-corrected chi connectivity index (χ3v) is 8.06. The highest BCUT2D eigenvalue weighted by Gasteiger charge is 2.41. The van der Waals surface area contributed by atoms with E-state index in [1.54, 1.807) is 31.3 Å². The topological polar surface area (TPSA) is 129 Å². The van der Waals surface area contributed by atoms with Gasteiger partial charge in [0.15, 0.2) is 5.78 Å². The van der Waals surface area contributed by atoms with Gasteiger partial charge in [-0.05, 0) is 94.8 Å². The number of fused-ring (bicyclic) bond motifs is 1. The number of aromatic nitrogens is 1. The minimum atomic E-state index is -0.506. The molecule has 0 bridgehead atoms. The zero-order chi connectivity index (χ0) is 25.9. The van der Waals surface area contributed by atoms with Crippen molar-refractivity contribution in [3.63, 3.8) is 0 Å². The second-order valence-corrected chi connectivity index (χ2v) is 10.6. The Kier molecular flexibility index (Phi) is 7.41. The first-order chi connectivity index (χ1) is 17.9. The Morgan fingerprint density at radius 2 is 1.81 bits per heavy atom. The van der Waals surface area contributed by atoms with E-state index in [2.05, 4.69) is 25.8 Å². The van der Waals surface area contributed by atoms with E-state index < -0.39 is 5.91 Å². The molecule has 9 nitrogen and oxygen atoms in total. The minimum absolute atomic E-state index is 0.0113. The number of nitrogens with two attached hydrogens (primary N) is 1. The van der Waals surface area contributed by atoms with Crippen LogP contribution in [-0.2, 0) is 0 Å². The number of hydrogen-bond acceptors (Lipinski definition) is 7. The van der Waals surface area contributed by atoms with Gasteiger partial charge in [-0.3, -0.25) is 14.4 Å². The SMILES string of the molecule is CC(=O)c1ccc(N2CCCC3CC(NC(=O)c4ccc(C(N)=O)c(NC5CCNCC5)c4)CC32)nc1. The van der Waals surface area contributed by atoms with Gasteiger partial charge in [0, 0.05) is 47.7 Å². The molecule has 3 fully saturated rings. The molecule has 3 atom stereocenters. The molecule has 1 aliphatic carbocycles. The van der Waals surface area contributed by atoms with Gasteiger partial charge in [0.2, 0.25) is 0 Å². The minimum Gasteiger partial charge on any atom is -0.382 e. The summed E-state index contributed by atoms with van der Waals surface area (Å²) in [5.74, 6) is 0.749. The maximum Gasteiger partial charge on any atom is 0.251 e. The van der Waals surface area contributed by atoms with Gasteiger partial charge in [0.05, 0.1) is 5.56 Å². The lowest BCUT2D eigenvalue weighted by Gasteiger charge is -2.38. The Hall–Kier alpha value is -3.46. The predicted molar refractivity (Wildman–Crippen MR) is 143 cm³/mol. The second-order valence-electron chi connectivity index (χ2n) is 10.6. The molecule has 2 aliphatic heterocycles. The Morgan fingerprint density at radius 1 is 1.03 bits per heavy atom. The fraction of sp³-hybridized carbons (Fsp3) is 0.500. The van der Waals surface area contributed by atoms with Crippen LogP contribution in [0.1, 0.15) is 76.5 Å². The number of carbonyl (C=O) groups is 3. The van der Waals surface area contributed by atoms with Crippen molar-refractivity contribution in [3.05, 3.63) is 53.2 Å². The lowest BCUT2D eigenvalue weighted by Crippen LogP contribution is -2.43. The molecule has 2 saturated heterocycles. The second kappa shape index (κ2) is 10.9. The van der Waals surface area contributed by atoms with Crippen molar-refractivity contribution >= 4 is 29.1 Å². The number of hydrogen-bond donors (Lipinski definition) is 4. The summed E-state index contributed by atoms with van der Waals surface area (Å²) in [7, 11) is 0. The number of pyridine rings is 1. The number of piperidine rings is 2. The number of Topliss-reactive ketones (excluding diaryl/α,β-unsaturated/α-hetero) is 1. The summed E-state index contributed by atoms with van der Waals surface area (Å²) in [5.41, 5.74) is 7.78. The zero-order valence-corrected chi connectivity index (χ0v) is 21.3. The Labute approximate surface area is 217 Å². The standard InChI is InChI=1S/C28H36N6O3/c1-17(35)20-5-7-26(31-16-20)34-12-2-3-18-13-22(15-25(18)34)33-28(37)19-4-6-23(27(29)36)24(14-19)32-21-8-10-30-11-9-21/h4-7,14,16,18,21-22,25,30,32H,2-3,8-13,15H2,1H3,(H2,29,36)(H,33,37). The number of rotatable bonds is 7. The highest BCUT2D eigenvalue weighted by Crippen LogP contribution is 2.39. The number of nitrogens with one attached hydrogen (secondary N) is 3. The average molecular weight is 505 g/mol. The van der Waals surface area contributed by atoms with Crippen LogP contribution in [-0.4, -0.2) is 60.3 Å². The number of anilines is 2.